The molecular weight excluding hydrogens is 261 g/mol. The normalized spacial score (nSPS) is 15.3. The molecule has 2 aromatic rings. The van der Waals surface area contributed by atoms with Crippen LogP contribution in [0.4, 0.5) is 4.39 Å². The molecule has 98 valence electrons. The second-order valence-electron chi connectivity index (χ2n) is 4.43. The summed E-state index contributed by atoms with van der Waals surface area (Å²) in [6.07, 6.45) is 6.49. The van der Waals surface area contributed by atoms with E-state index in [0.29, 0.717) is 6.54 Å². The van der Waals surface area contributed by atoms with Crippen LogP contribution in [0.25, 0.3) is 5.57 Å². The molecule has 0 radical (unpaired) electrons. The third-order valence-corrected chi connectivity index (χ3v) is 4.08. The van der Waals surface area contributed by atoms with E-state index in [1.165, 1.54) is 6.07 Å². The number of allylic oxidation sites excluding steroid dienone is 1. The average molecular weight is 275 g/mol. The van der Waals surface area contributed by atoms with Gasteiger partial charge in [-0.25, -0.2) is 9.07 Å². The lowest BCUT2D eigenvalue weighted by molar-refractivity contribution is 0.609. The van der Waals surface area contributed by atoms with E-state index in [0.717, 1.165) is 34.6 Å². The van der Waals surface area contributed by atoms with E-state index in [4.69, 9.17) is 0 Å². The predicted molar refractivity (Wildman–Crippen MR) is 75.4 cm³/mol. The zero-order valence-corrected chi connectivity index (χ0v) is 11.2. The lowest BCUT2D eigenvalue weighted by Gasteiger charge is -2.17. The van der Waals surface area contributed by atoms with Crippen molar-refractivity contribution in [3.63, 3.8) is 0 Å². The van der Waals surface area contributed by atoms with Crippen LogP contribution in [0.5, 0.6) is 0 Å². The molecule has 0 saturated carbocycles. The quantitative estimate of drug-likeness (QED) is 0.862. The van der Waals surface area contributed by atoms with Crippen LogP contribution < -0.4 is 0 Å². The number of hydrogen-bond acceptors (Lipinski definition) is 3. The lowest BCUT2D eigenvalue weighted by Crippen LogP contribution is -2.07. The highest BCUT2D eigenvalue weighted by atomic mass is 32.2. The van der Waals surface area contributed by atoms with Crippen molar-refractivity contribution in [3.8, 4) is 0 Å². The number of rotatable bonds is 3. The monoisotopic (exact) mass is 275 g/mol. The molecule has 0 N–H and O–H groups in total. The molecule has 0 bridgehead atoms. The first kappa shape index (κ1) is 12.4. The van der Waals surface area contributed by atoms with Gasteiger partial charge in [0.25, 0.3) is 0 Å². The average Bonchev–Trinajstić information content (AvgIpc) is 2.93. The van der Waals surface area contributed by atoms with E-state index in [1.807, 2.05) is 17.8 Å². The minimum atomic E-state index is -0.143. The fourth-order valence-corrected chi connectivity index (χ4v) is 3.16. The third kappa shape index (κ3) is 2.71. The molecule has 0 aliphatic carbocycles. The predicted octanol–water partition coefficient (Wildman–Crippen LogP) is 2.99. The Labute approximate surface area is 115 Å². The molecule has 0 fully saturated rings. The van der Waals surface area contributed by atoms with Crippen molar-refractivity contribution in [1.29, 1.82) is 0 Å². The van der Waals surface area contributed by atoms with Gasteiger partial charge in [-0.3, -0.25) is 0 Å². The van der Waals surface area contributed by atoms with Gasteiger partial charge in [0, 0.05) is 17.5 Å². The Hall–Kier alpha value is -1.62. The Balaban J connectivity index is 1.99. The van der Waals surface area contributed by atoms with Crippen LogP contribution in [0.2, 0.25) is 0 Å². The first-order chi connectivity index (χ1) is 9.34. The van der Waals surface area contributed by atoms with E-state index < -0.39 is 0 Å². The Bertz CT molecular complexity index is 593. The van der Waals surface area contributed by atoms with Crippen molar-refractivity contribution in [2.75, 3.05) is 11.5 Å². The van der Waals surface area contributed by atoms with Crippen molar-refractivity contribution in [1.82, 2.24) is 15.0 Å². The van der Waals surface area contributed by atoms with Crippen molar-refractivity contribution in [2.45, 2.75) is 13.0 Å². The van der Waals surface area contributed by atoms with Gasteiger partial charge in [-0.05, 0) is 29.4 Å². The van der Waals surface area contributed by atoms with E-state index in [2.05, 4.69) is 16.4 Å². The Morgan fingerprint density at radius 2 is 2.32 bits per heavy atom. The number of thioether (sulfide) groups is 1. The number of aromatic nitrogens is 3. The van der Waals surface area contributed by atoms with Gasteiger partial charge >= 0.3 is 0 Å². The first-order valence-corrected chi connectivity index (χ1v) is 7.39. The summed E-state index contributed by atoms with van der Waals surface area (Å²) >= 11 is 1.88. The molecule has 3 rings (SSSR count). The summed E-state index contributed by atoms with van der Waals surface area (Å²) < 4.78 is 15.9. The maximum Gasteiger partial charge on any atom is 0.131 e. The summed E-state index contributed by atoms with van der Waals surface area (Å²) in [7, 11) is 0. The van der Waals surface area contributed by atoms with Crippen LogP contribution >= 0.6 is 11.8 Å². The summed E-state index contributed by atoms with van der Waals surface area (Å²) in [5.41, 5.74) is 2.83. The molecule has 1 aromatic heterocycles. The van der Waals surface area contributed by atoms with Gasteiger partial charge in [-0.1, -0.05) is 23.4 Å². The van der Waals surface area contributed by atoms with Crippen molar-refractivity contribution < 1.29 is 4.39 Å². The molecule has 2 heterocycles. The second kappa shape index (κ2) is 5.57. The molecular formula is C14H14FN3S. The lowest BCUT2D eigenvalue weighted by atomic mass is 9.96. The van der Waals surface area contributed by atoms with Crippen molar-refractivity contribution in [3.05, 3.63) is 53.6 Å². The van der Waals surface area contributed by atoms with Gasteiger partial charge in [0.05, 0.1) is 12.7 Å². The van der Waals surface area contributed by atoms with Gasteiger partial charge < -0.3 is 0 Å². The smallest absolute Gasteiger partial charge is 0.131 e. The molecule has 0 atom stereocenters. The van der Waals surface area contributed by atoms with Gasteiger partial charge in [0.2, 0.25) is 0 Å². The molecule has 1 aromatic carbocycles. The van der Waals surface area contributed by atoms with Crippen LogP contribution in [0.15, 0.2) is 36.7 Å². The van der Waals surface area contributed by atoms with Crippen LogP contribution in [0, 0.1) is 5.82 Å². The maximum atomic E-state index is 14.2. The fourth-order valence-electron chi connectivity index (χ4n) is 2.31. The number of nitrogens with zero attached hydrogens (tertiary/aromatic N) is 3. The minimum Gasteiger partial charge on any atom is -0.248 e. The maximum absolute atomic E-state index is 14.2. The first-order valence-electron chi connectivity index (χ1n) is 6.23. The molecule has 0 unspecified atom stereocenters. The highest BCUT2D eigenvalue weighted by molar-refractivity contribution is 7.99. The fraction of sp³-hybridized carbons (Fsp3) is 0.286. The molecule has 19 heavy (non-hydrogen) atoms. The van der Waals surface area contributed by atoms with Crippen LogP contribution in [-0.2, 0) is 6.54 Å². The standard InChI is InChI=1S/C14H14FN3S/c15-13-3-1-2-12(10-18-7-6-16-17-18)14(13)11-4-8-19-9-5-11/h1-4,6-7H,5,8-10H2. The second-order valence-corrected chi connectivity index (χ2v) is 5.58. The van der Waals surface area contributed by atoms with Gasteiger partial charge in [-0.2, -0.15) is 11.8 Å². The number of halogens is 1. The van der Waals surface area contributed by atoms with E-state index in [-0.39, 0.29) is 5.82 Å². The Kier molecular flexibility index (Phi) is 3.64. The molecule has 0 spiro atoms. The molecule has 1 aliphatic heterocycles. The summed E-state index contributed by atoms with van der Waals surface area (Å²) in [4.78, 5) is 0. The molecule has 5 heteroatoms. The Morgan fingerprint density at radius 1 is 1.37 bits per heavy atom. The van der Waals surface area contributed by atoms with E-state index >= 15 is 0 Å². The van der Waals surface area contributed by atoms with Crippen LogP contribution in [0.3, 0.4) is 0 Å². The summed E-state index contributed by atoms with van der Waals surface area (Å²) in [6, 6.07) is 5.24. The summed E-state index contributed by atoms with van der Waals surface area (Å²) in [5.74, 6) is 1.88. The zero-order chi connectivity index (χ0) is 13.1. The minimum absolute atomic E-state index is 0.143. The largest absolute Gasteiger partial charge is 0.248 e. The SMILES string of the molecule is Fc1cccc(Cn2ccnn2)c1C1=CCSCC1. The molecule has 0 saturated heterocycles. The van der Waals surface area contributed by atoms with Crippen LogP contribution in [-0.4, -0.2) is 26.5 Å². The summed E-state index contributed by atoms with van der Waals surface area (Å²) in [6.45, 7) is 0.553. The molecule has 0 amide bonds. The summed E-state index contributed by atoms with van der Waals surface area (Å²) in [5, 5.41) is 7.73. The van der Waals surface area contributed by atoms with E-state index in [9.17, 15) is 4.39 Å². The third-order valence-electron chi connectivity index (χ3n) is 3.19. The van der Waals surface area contributed by atoms with Gasteiger partial charge in [0.1, 0.15) is 5.82 Å². The van der Waals surface area contributed by atoms with E-state index in [1.54, 1.807) is 23.1 Å². The topological polar surface area (TPSA) is 30.7 Å². The number of benzene rings is 1. The van der Waals surface area contributed by atoms with Crippen LogP contribution in [0.1, 0.15) is 17.5 Å². The molecule has 3 nitrogen and oxygen atoms in total. The highest BCUT2D eigenvalue weighted by Crippen LogP contribution is 2.30. The highest BCUT2D eigenvalue weighted by Gasteiger charge is 2.15. The zero-order valence-electron chi connectivity index (χ0n) is 10.4. The van der Waals surface area contributed by atoms with Crippen molar-refractivity contribution >= 4 is 17.3 Å². The number of hydrogen-bond donors (Lipinski definition) is 0. The van der Waals surface area contributed by atoms with Gasteiger partial charge in [0.15, 0.2) is 0 Å². The Morgan fingerprint density at radius 3 is 3.05 bits per heavy atom. The molecule has 1 aliphatic rings. The van der Waals surface area contributed by atoms with Gasteiger partial charge in [-0.15, -0.1) is 5.10 Å². The van der Waals surface area contributed by atoms with Crippen molar-refractivity contribution in [2.24, 2.45) is 0 Å².